The van der Waals surface area contributed by atoms with E-state index in [1.54, 1.807) is 6.92 Å². The summed E-state index contributed by atoms with van der Waals surface area (Å²) in [5, 5.41) is 11.9. The summed E-state index contributed by atoms with van der Waals surface area (Å²) in [5.41, 5.74) is 4.42. The minimum atomic E-state index is 0.607. The zero-order valence-electron chi connectivity index (χ0n) is 10.2. The molecule has 0 aliphatic rings. The third-order valence-electron chi connectivity index (χ3n) is 2.82. The number of rotatable bonds is 2. The van der Waals surface area contributed by atoms with Crippen molar-refractivity contribution in [2.45, 2.75) is 20.8 Å². The van der Waals surface area contributed by atoms with Crippen molar-refractivity contribution in [2.75, 3.05) is 0 Å². The Morgan fingerprint density at radius 3 is 2.88 bits per heavy atom. The Balaban J connectivity index is 2.60. The number of oxime groups is 1. The number of hydrogen-bond acceptors (Lipinski definition) is 3. The minimum Gasteiger partial charge on any atom is -0.411 e. The van der Waals surface area contributed by atoms with E-state index in [1.165, 1.54) is 0 Å². The molecule has 0 saturated heterocycles. The van der Waals surface area contributed by atoms with Gasteiger partial charge in [0.15, 0.2) is 0 Å². The molecule has 88 valence electrons. The highest BCUT2D eigenvalue weighted by Gasteiger charge is 2.06. The van der Waals surface area contributed by atoms with Crippen molar-refractivity contribution in [1.29, 1.82) is 0 Å². The third kappa shape index (κ3) is 2.06. The SMILES string of the molecule is CC(=C/c1c(C)nc2ccccn12)/C(C)=N/O. The summed E-state index contributed by atoms with van der Waals surface area (Å²) in [5.74, 6) is 0. The van der Waals surface area contributed by atoms with E-state index in [9.17, 15) is 0 Å². The van der Waals surface area contributed by atoms with E-state index < -0.39 is 0 Å². The van der Waals surface area contributed by atoms with E-state index >= 15 is 0 Å². The molecule has 4 heteroatoms. The molecule has 0 amide bonds. The molecule has 0 saturated carbocycles. The lowest BCUT2D eigenvalue weighted by molar-refractivity contribution is 0.319. The van der Waals surface area contributed by atoms with Crippen molar-refractivity contribution >= 4 is 17.4 Å². The van der Waals surface area contributed by atoms with Crippen LogP contribution in [-0.2, 0) is 0 Å². The van der Waals surface area contributed by atoms with Crippen LogP contribution in [0.1, 0.15) is 25.2 Å². The van der Waals surface area contributed by atoms with Gasteiger partial charge in [-0.05, 0) is 44.6 Å². The quantitative estimate of drug-likeness (QED) is 0.489. The second-order valence-electron chi connectivity index (χ2n) is 4.02. The van der Waals surface area contributed by atoms with Gasteiger partial charge in [0.1, 0.15) is 5.65 Å². The second-order valence-corrected chi connectivity index (χ2v) is 4.02. The van der Waals surface area contributed by atoms with Crippen LogP contribution in [-0.4, -0.2) is 20.3 Å². The smallest absolute Gasteiger partial charge is 0.137 e. The van der Waals surface area contributed by atoms with Crippen molar-refractivity contribution in [3.8, 4) is 0 Å². The van der Waals surface area contributed by atoms with Crippen LogP contribution in [0.3, 0.4) is 0 Å². The van der Waals surface area contributed by atoms with Gasteiger partial charge in [0.05, 0.1) is 17.1 Å². The van der Waals surface area contributed by atoms with Gasteiger partial charge in [-0.3, -0.25) is 0 Å². The molecular weight excluding hydrogens is 214 g/mol. The van der Waals surface area contributed by atoms with Gasteiger partial charge in [-0.1, -0.05) is 11.2 Å². The van der Waals surface area contributed by atoms with Crippen LogP contribution in [0.15, 0.2) is 35.1 Å². The van der Waals surface area contributed by atoms with E-state index in [4.69, 9.17) is 5.21 Å². The molecule has 0 aliphatic carbocycles. The Morgan fingerprint density at radius 1 is 1.41 bits per heavy atom. The third-order valence-corrected chi connectivity index (χ3v) is 2.82. The lowest BCUT2D eigenvalue weighted by atomic mass is 10.1. The topological polar surface area (TPSA) is 49.9 Å². The molecule has 0 aliphatic heterocycles. The second kappa shape index (κ2) is 4.41. The van der Waals surface area contributed by atoms with Crippen LogP contribution in [0.2, 0.25) is 0 Å². The number of fused-ring (bicyclic) bond motifs is 1. The maximum absolute atomic E-state index is 8.74. The first-order valence-electron chi connectivity index (χ1n) is 5.44. The molecule has 0 fully saturated rings. The maximum Gasteiger partial charge on any atom is 0.137 e. The molecule has 0 bridgehead atoms. The highest BCUT2D eigenvalue weighted by Crippen LogP contribution is 2.15. The number of hydrogen-bond donors (Lipinski definition) is 1. The van der Waals surface area contributed by atoms with Crippen LogP contribution in [0, 0.1) is 6.92 Å². The average Bonchev–Trinajstić information content (AvgIpc) is 2.65. The molecule has 2 aromatic heterocycles. The summed E-state index contributed by atoms with van der Waals surface area (Å²) in [6.45, 7) is 5.65. The largest absolute Gasteiger partial charge is 0.411 e. The zero-order valence-corrected chi connectivity index (χ0v) is 10.2. The molecular formula is C13H15N3O. The molecule has 0 atom stereocenters. The van der Waals surface area contributed by atoms with Gasteiger partial charge in [-0.25, -0.2) is 4.98 Å². The number of allylic oxidation sites excluding steroid dienone is 1. The Bertz CT molecular complexity index is 608. The summed E-state index contributed by atoms with van der Waals surface area (Å²) in [6, 6.07) is 5.89. The molecule has 2 rings (SSSR count). The molecule has 0 unspecified atom stereocenters. The predicted octanol–water partition coefficient (Wildman–Crippen LogP) is 2.90. The van der Waals surface area contributed by atoms with Gasteiger partial charge in [-0.15, -0.1) is 0 Å². The maximum atomic E-state index is 8.74. The van der Waals surface area contributed by atoms with Gasteiger partial charge >= 0.3 is 0 Å². The van der Waals surface area contributed by atoms with Crippen LogP contribution in [0.5, 0.6) is 0 Å². The van der Waals surface area contributed by atoms with Crippen molar-refractivity contribution in [3.05, 3.63) is 41.4 Å². The normalized spacial score (nSPS) is 13.4. The Labute approximate surface area is 99.9 Å². The first-order valence-corrected chi connectivity index (χ1v) is 5.44. The first-order chi connectivity index (χ1) is 8.13. The fourth-order valence-electron chi connectivity index (χ4n) is 1.69. The van der Waals surface area contributed by atoms with Crippen molar-refractivity contribution in [1.82, 2.24) is 9.38 Å². The molecule has 0 spiro atoms. The number of imidazole rings is 1. The summed E-state index contributed by atoms with van der Waals surface area (Å²) in [7, 11) is 0. The molecule has 0 aromatic carbocycles. The number of aryl methyl sites for hydroxylation is 1. The minimum absolute atomic E-state index is 0.607. The van der Waals surface area contributed by atoms with Crippen LogP contribution in [0.25, 0.3) is 11.7 Å². The summed E-state index contributed by atoms with van der Waals surface area (Å²) in [4.78, 5) is 4.47. The van der Waals surface area contributed by atoms with E-state index in [1.807, 2.05) is 48.7 Å². The molecule has 2 aromatic rings. The predicted molar refractivity (Wildman–Crippen MR) is 68.5 cm³/mol. The van der Waals surface area contributed by atoms with Gasteiger partial charge in [0, 0.05) is 6.20 Å². The standard InChI is InChI=1S/C13H15N3O/c1-9(10(2)15-17)8-12-11(3)14-13-6-4-5-7-16(12)13/h4-8,17H,1-3H3/b9-8-,15-10+. The lowest BCUT2D eigenvalue weighted by Gasteiger charge is -2.00. The van der Waals surface area contributed by atoms with Crippen LogP contribution >= 0.6 is 0 Å². The van der Waals surface area contributed by atoms with Gasteiger partial charge in [-0.2, -0.15) is 0 Å². The van der Waals surface area contributed by atoms with E-state index in [-0.39, 0.29) is 0 Å². The van der Waals surface area contributed by atoms with Gasteiger partial charge in [0.2, 0.25) is 0 Å². The number of pyridine rings is 1. The molecule has 4 nitrogen and oxygen atoms in total. The Morgan fingerprint density at radius 2 is 2.18 bits per heavy atom. The van der Waals surface area contributed by atoms with Crippen molar-refractivity contribution < 1.29 is 5.21 Å². The zero-order chi connectivity index (χ0) is 12.4. The fourth-order valence-corrected chi connectivity index (χ4v) is 1.69. The summed E-state index contributed by atoms with van der Waals surface area (Å²) in [6.07, 6.45) is 3.95. The van der Waals surface area contributed by atoms with Gasteiger partial charge < -0.3 is 9.61 Å². The summed E-state index contributed by atoms with van der Waals surface area (Å²) >= 11 is 0. The lowest BCUT2D eigenvalue weighted by Crippen LogP contribution is -1.95. The van der Waals surface area contributed by atoms with E-state index in [0.717, 1.165) is 22.6 Å². The van der Waals surface area contributed by atoms with Crippen LogP contribution < -0.4 is 0 Å². The van der Waals surface area contributed by atoms with Gasteiger partial charge in [0.25, 0.3) is 0 Å². The molecule has 17 heavy (non-hydrogen) atoms. The first kappa shape index (κ1) is 11.4. The highest BCUT2D eigenvalue weighted by atomic mass is 16.4. The summed E-state index contributed by atoms with van der Waals surface area (Å²) < 4.78 is 2.02. The van der Waals surface area contributed by atoms with Crippen molar-refractivity contribution in [3.63, 3.8) is 0 Å². The molecule has 2 heterocycles. The highest BCUT2D eigenvalue weighted by molar-refractivity contribution is 6.01. The monoisotopic (exact) mass is 229 g/mol. The average molecular weight is 229 g/mol. The Hall–Kier alpha value is -2.10. The molecule has 1 N–H and O–H groups in total. The van der Waals surface area contributed by atoms with Crippen molar-refractivity contribution in [2.24, 2.45) is 5.16 Å². The van der Waals surface area contributed by atoms with E-state index in [0.29, 0.717) is 5.71 Å². The van der Waals surface area contributed by atoms with E-state index in [2.05, 4.69) is 10.1 Å². The number of aromatic nitrogens is 2. The number of nitrogens with zero attached hydrogens (tertiary/aromatic N) is 3. The fraction of sp³-hybridized carbons (Fsp3) is 0.231. The Kier molecular flexibility index (Phi) is 2.95. The van der Waals surface area contributed by atoms with Crippen LogP contribution in [0.4, 0.5) is 0 Å². The molecule has 0 radical (unpaired) electrons.